The van der Waals surface area contributed by atoms with Crippen LogP contribution in [0, 0.1) is 0 Å². The molecule has 0 fully saturated rings. The summed E-state index contributed by atoms with van der Waals surface area (Å²) in [5.41, 5.74) is 9.91. The molecule has 0 aliphatic rings. The zero-order valence-electron chi connectivity index (χ0n) is 24.4. The molecule has 2 aromatic heterocycles. The van der Waals surface area contributed by atoms with E-state index in [4.69, 9.17) is 9.97 Å². The first-order chi connectivity index (χ1) is 22.3. The number of hydrogen-bond acceptors (Lipinski definition) is 2. The Labute approximate surface area is 260 Å². The van der Waals surface area contributed by atoms with Crippen LogP contribution in [0.1, 0.15) is 0 Å². The third-order valence-corrected chi connectivity index (χ3v) is 8.82. The first kappa shape index (κ1) is 25.4. The average Bonchev–Trinajstić information content (AvgIpc) is 3.46. The smallest absolute Gasteiger partial charge is 0.160 e. The monoisotopic (exact) mass is 573 g/mol. The number of hydrogen-bond donors (Lipinski definition) is 0. The highest BCUT2D eigenvalue weighted by Crippen LogP contribution is 2.35. The molecule has 0 spiro atoms. The molecule has 0 saturated carbocycles. The molecule has 0 amide bonds. The average molecular weight is 574 g/mol. The standard InChI is InChI=1S/C42H27N3/c1-2-11-31(12-3-1)40-37-27-24-30-10-4-5-13-34(30)41(37)44-42(43-40)32-20-18-28(19-21-32)29-22-25-33(26-23-29)45-38-16-8-6-14-35(38)36-15-7-9-17-39(36)45/h1-27H. The number of rotatable bonds is 4. The van der Waals surface area contributed by atoms with Gasteiger partial charge in [0.1, 0.15) is 0 Å². The minimum atomic E-state index is 0.728. The highest BCUT2D eigenvalue weighted by Gasteiger charge is 2.15. The van der Waals surface area contributed by atoms with Crippen LogP contribution in [-0.4, -0.2) is 14.5 Å². The van der Waals surface area contributed by atoms with E-state index in [1.807, 2.05) is 6.07 Å². The Balaban J connectivity index is 1.11. The van der Waals surface area contributed by atoms with Gasteiger partial charge in [0.05, 0.1) is 22.2 Å². The summed E-state index contributed by atoms with van der Waals surface area (Å²) in [5, 5.41) is 5.91. The Bertz CT molecular complexity index is 2460. The summed E-state index contributed by atoms with van der Waals surface area (Å²) in [6.07, 6.45) is 0. The van der Waals surface area contributed by atoms with Crippen molar-refractivity contribution in [2.24, 2.45) is 0 Å². The van der Waals surface area contributed by atoms with Gasteiger partial charge in [0.2, 0.25) is 0 Å². The van der Waals surface area contributed by atoms with E-state index in [0.29, 0.717) is 0 Å². The van der Waals surface area contributed by atoms with Crippen molar-refractivity contribution in [2.75, 3.05) is 0 Å². The highest BCUT2D eigenvalue weighted by atomic mass is 15.0. The van der Waals surface area contributed by atoms with Crippen molar-refractivity contribution in [1.82, 2.24) is 14.5 Å². The summed E-state index contributed by atoms with van der Waals surface area (Å²) in [6, 6.07) is 57.8. The van der Waals surface area contributed by atoms with Gasteiger partial charge in [-0.15, -0.1) is 0 Å². The fourth-order valence-corrected chi connectivity index (χ4v) is 6.62. The third-order valence-electron chi connectivity index (χ3n) is 8.82. The maximum atomic E-state index is 5.14. The molecule has 2 heterocycles. The summed E-state index contributed by atoms with van der Waals surface area (Å²) in [6.45, 7) is 0. The first-order valence-corrected chi connectivity index (χ1v) is 15.3. The quantitative estimate of drug-likeness (QED) is 0.196. The number of benzene rings is 7. The first-order valence-electron chi connectivity index (χ1n) is 15.3. The molecule has 0 bridgehead atoms. The van der Waals surface area contributed by atoms with Crippen molar-refractivity contribution in [3.8, 4) is 39.5 Å². The highest BCUT2D eigenvalue weighted by molar-refractivity contribution is 6.10. The van der Waals surface area contributed by atoms with Gasteiger partial charge in [-0.1, -0.05) is 133 Å². The van der Waals surface area contributed by atoms with E-state index < -0.39 is 0 Å². The number of nitrogens with zero attached hydrogens (tertiary/aromatic N) is 3. The lowest BCUT2D eigenvalue weighted by atomic mass is 10.0. The van der Waals surface area contributed by atoms with Crippen LogP contribution < -0.4 is 0 Å². The number of aromatic nitrogens is 3. The van der Waals surface area contributed by atoms with Crippen LogP contribution >= 0.6 is 0 Å². The number of fused-ring (bicyclic) bond motifs is 6. The van der Waals surface area contributed by atoms with Gasteiger partial charge in [0, 0.05) is 38.4 Å². The van der Waals surface area contributed by atoms with Crippen molar-refractivity contribution < 1.29 is 0 Å². The van der Waals surface area contributed by atoms with E-state index in [1.165, 1.54) is 32.8 Å². The van der Waals surface area contributed by atoms with Crippen LogP contribution in [0.4, 0.5) is 0 Å². The van der Waals surface area contributed by atoms with E-state index in [2.05, 4.69) is 162 Å². The second kappa shape index (κ2) is 10.3. The van der Waals surface area contributed by atoms with Crippen LogP contribution in [-0.2, 0) is 0 Å². The summed E-state index contributed by atoms with van der Waals surface area (Å²) in [4.78, 5) is 10.3. The lowest BCUT2D eigenvalue weighted by Crippen LogP contribution is -1.96. The molecule has 9 rings (SSSR count). The van der Waals surface area contributed by atoms with E-state index >= 15 is 0 Å². The molecule has 0 atom stereocenters. The van der Waals surface area contributed by atoms with Gasteiger partial charge in [-0.3, -0.25) is 0 Å². The molecule has 0 aliphatic heterocycles. The SMILES string of the molecule is c1ccc(-c2nc(-c3ccc(-c4ccc(-n5c6ccccc6c6ccccc65)cc4)cc3)nc3c2ccc2ccccc23)cc1. The zero-order valence-corrected chi connectivity index (χ0v) is 24.4. The predicted octanol–water partition coefficient (Wildman–Crippen LogP) is 10.9. The van der Waals surface area contributed by atoms with Crippen LogP contribution in [0.2, 0.25) is 0 Å². The van der Waals surface area contributed by atoms with Gasteiger partial charge in [0.15, 0.2) is 5.82 Å². The van der Waals surface area contributed by atoms with Crippen molar-refractivity contribution in [3.63, 3.8) is 0 Å². The minimum Gasteiger partial charge on any atom is -0.309 e. The van der Waals surface area contributed by atoms with Gasteiger partial charge in [0.25, 0.3) is 0 Å². The third kappa shape index (κ3) is 4.21. The van der Waals surface area contributed by atoms with Gasteiger partial charge >= 0.3 is 0 Å². The Morgan fingerprint density at radius 2 is 0.911 bits per heavy atom. The van der Waals surface area contributed by atoms with Gasteiger partial charge in [-0.2, -0.15) is 0 Å². The summed E-state index contributed by atoms with van der Waals surface area (Å²) in [7, 11) is 0. The molecular formula is C42H27N3. The molecule has 0 N–H and O–H groups in total. The Morgan fingerprint density at radius 1 is 0.356 bits per heavy atom. The number of para-hydroxylation sites is 2. The van der Waals surface area contributed by atoms with E-state index in [0.717, 1.165) is 50.2 Å². The lowest BCUT2D eigenvalue weighted by Gasteiger charge is -2.12. The maximum absolute atomic E-state index is 5.14. The fourth-order valence-electron chi connectivity index (χ4n) is 6.62. The van der Waals surface area contributed by atoms with E-state index in [9.17, 15) is 0 Å². The van der Waals surface area contributed by atoms with Gasteiger partial charge in [-0.05, 0) is 46.8 Å². The molecule has 3 nitrogen and oxygen atoms in total. The summed E-state index contributed by atoms with van der Waals surface area (Å²) in [5.74, 6) is 0.728. The van der Waals surface area contributed by atoms with Crippen molar-refractivity contribution in [1.29, 1.82) is 0 Å². The van der Waals surface area contributed by atoms with Crippen LogP contribution in [0.5, 0.6) is 0 Å². The molecule has 0 aliphatic carbocycles. The van der Waals surface area contributed by atoms with Gasteiger partial charge in [-0.25, -0.2) is 9.97 Å². The van der Waals surface area contributed by atoms with Crippen molar-refractivity contribution in [3.05, 3.63) is 164 Å². The summed E-state index contributed by atoms with van der Waals surface area (Å²) < 4.78 is 2.35. The normalized spacial score (nSPS) is 11.6. The molecule has 9 aromatic rings. The molecule has 0 unspecified atom stereocenters. The van der Waals surface area contributed by atoms with Crippen molar-refractivity contribution in [2.45, 2.75) is 0 Å². The molecule has 210 valence electrons. The minimum absolute atomic E-state index is 0.728. The van der Waals surface area contributed by atoms with Crippen LogP contribution in [0.15, 0.2) is 164 Å². The molecule has 7 aromatic carbocycles. The molecular weight excluding hydrogens is 546 g/mol. The van der Waals surface area contributed by atoms with Gasteiger partial charge < -0.3 is 4.57 Å². The maximum Gasteiger partial charge on any atom is 0.160 e. The van der Waals surface area contributed by atoms with E-state index in [1.54, 1.807) is 0 Å². The Kier molecular flexibility index (Phi) is 5.82. The van der Waals surface area contributed by atoms with Crippen LogP contribution in [0.3, 0.4) is 0 Å². The topological polar surface area (TPSA) is 30.7 Å². The largest absolute Gasteiger partial charge is 0.309 e. The summed E-state index contributed by atoms with van der Waals surface area (Å²) >= 11 is 0. The van der Waals surface area contributed by atoms with Crippen LogP contribution in [0.25, 0.3) is 82.9 Å². The lowest BCUT2D eigenvalue weighted by molar-refractivity contribution is 1.18. The second-order valence-corrected chi connectivity index (χ2v) is 11.4. The predicted molar refractivity (Wildman–Crippen MR) is 188 cm³/mol. The molecule has 0 radical (unpaired) electrons. The second-order valence-electron chi connectivity index (χ2n) is 11.4. The Morgan fingerprint density at radius 3 is 1.60 bits per heavy atom. The molecule has 3 heteroatoms. The van der Waals surface area contributed by atoms with Crippen molar-refractivity contribution >= 4 is 43.5 Å². The fraction of sp³-hybridized carbons (Fsp3) is 0. The zero-order chi connectivity index (χ0) is 29.7. The molecule has 45 heavy (non-hydrogen) atoms. The molecule has 0 saturated heterocycles. The van der Waals surface area contributed by atoms with E-state index in [-0.39, 0.29) is 0 Å². The Hall–Kier alpha value is -6.06.